The third kappa shape index (κ3) is 3.76. The molecule has 1 aliphatic rings. The zero-order chi connectivity index (χ0) is 17.8. The van der Waals surface area contributed by atoms with E-state index >= 15 is 0 Å². The summed E-state index contributed by atoms with van der Waals surface area (Å²) in [6, 6.07) is 19.4. The molecular formula is C24H32O. The summed E-state index contributed by atoms with van der Waals surface area (Å²) in [4.78, 5) is 0. The van der Waals surface area contributed by atoms with Crippen molar-refractivity contribution in [1.29, 1.82) is 0 Å². The Bertz CT molecular complexity index is 670. The van der Waals surface area contributed by atoms with Crippen LogP contribution in [0, 0.1) is 12.3 Å². The Hall–Kier alpha value is -1.76. The molecule has 1 saturated carbocycles. The molecule has 1 unspecified atom stereocenters. The Kier molecular flexibility index (Phi) is 5.51. The van der Waals surface area contributed by atoms with Gasteiger partial charge in [0, 0.05) is 5.41 Å². The highest BCUT2D eigenvalue weighted by atomic mass is 16.5. The van der Waals surface area contributed by atoms with E-state index in [9.17, 15) is 0 Å². The minimum atomic E-state index is 0.150. The number of hydrogen-bond donors (Lipinski definition) is 0. The number of benzene rings is 2. The van der Waals surface area contributed by atoms with Crippen LogP contribution in [0.3, 0.4) is 0 Å². The first-order valence-electron chi connectivity index (χ1n) is 9.79. The molecule has 0 spiro atoms. The van der Waals surface area contributed by atoms with E-state index in [4.69, 9.17) is 4.74 Å². The minimum Gasteiger partial charge on any atom is -0.493 e. The van der Waals surface area contributed by atoms with Gasteiger partial charge in [0.1, 0.15) is 5.75 Å². The van der Waals surface area contributed by atoms with Crippen molar-refractivity contribution in [3.8, 4) is 5.75 Å². The van der Waals surface area contributed by atoms with Gasteiger partial charge >= 0.3 is 0 Å². The smallest absolute Gasteiger partial charge is 0.122 e. The lowest BCUT2D eigenvalue weighted by atomic mass is 9.55. The predicted octanol–water partition coefficient (Wildman–Crippen LogP) is 6.69. The molecule has 25 heavy (non-hydrogen) atoms. The molecule has 0 bridgehead atoms. The minimum absolute atomic E-state index is 0.150. The van der Waals surface area contributed by atoms with Gasteiger partial charge in [0.15, 0.2) is 0 Å². The van der Waals surface area contributed by atoms with Crippen molar-refractivity contribution in [3.63, 3.8) is 0 Å². The first-order chi connectivity index (χ1) is 12.1. The van der Waals surface area contributed by atoms with E-state index in [1.807, 2.05) is 0 Å². The number of hydrogen-bond acceptors (Lipinski definition) is 1. The monoisotopic (exact) mass is 336 g/mol. The van der Waals surface area contributed by atoms with Crippen LogP contribution in [0.1, 0.15) is 63.5 Å². The van der Waals surface area contributed by atoms with E-state index in [0.29, 0.717) is 5.41 Å². The van der Waals surface area contributed by atoms with E-state index in [2.05, 4.69) is 75.4 Å². The van der Waals surface area contributed by atoms with Gasteiger partial charge in [-0.25, -0.2) is 0 Å². The summed E-state index contributed by atoms with van der Waals surface area (Å²) in [6.07, 6.45) is 7.81. The maximum atomic E-state index is 6.19. The van der Waals surface area contributed by atoms with E-state index in [0.717, 1.165) is 18.8 Å². The highest BCUT2D eigenvalue weighted by molar-refractivity contribution is 5.32. The van der Waals surface area contributed by atoms with Gasteiger partial charge in [-0.15, -0.1) is 0 Å². The molecule has 134 valence electrons. The first kappa shape index (κ1) is 18.0. The van der Waals surface area contributed by atoms with Gasteiger partial charge in [-0.2, -0.15) is 0 Å². The summed E-state index contributed by atoms with van der Waals surface area (Å²) in [5.41, 5.74) is 3.18. The molecule has 0 radical (unpaired) electrons. The van der Waals surface area contributed by atoms with Crippen LogP contribution in [0.4, 0.5) is 0 Å². The van der Waals surface area contributed by atoms with Crippen LogP contribution >= 0.6 is 0 Å². The molecule has 2 aromatic rings. The standard InChI is InChI=1S/C24H32O/c1-20-12-8-9-15-22(20)25-19-18-24(3,21-13-6-4-7-14-21)23(2)16-10-5-11-17-23/h4,6-9,12-15H,5,10-11,16-19H2,1-3H3. The largest absolute Gasteiger partial charge is 0.493 e. The van der Waals surface area contributed by atoms with Gasteiger partial charge in [0.25, 0.3) is 0 Å². The summed E-state index contributed by atoms with van der Waals surface area (Å²) < 4.78 is 6.19. The number of aryl methyl sites for hydroxylation is 1. The third-order valence-corrected chi connectivity index (χ3v) is 6.65. The maximum Gasteiger partial charge on any atom is 0.122 e. The lowest BCUT2D eigenvalue weighted by Crippen LogP contribution is -2.44. The van der Waals surface area contributed by atoms with E-state index in [-0.39, 0.29) is 5.41 Å². The highest BCUT2D eigenvalue weighted by Gasteiger charge is 2.45. The summed E-state index contributed by atoms with van der Waals surface area (Å²) in [6.45, 7) is 7.86. The zero-order valence-electron chi connectivity index (χ0n) is 16.1. The van der Waals surface area contributed by atoms with Crippen LogP contribution in [-0.2, 0) is 5.41 Å². The lowest BCUT2D eigenvalue weighted by Gasteiger charge is -2.49. The van der Waals surface area contributed by atoms with Gasteiger partial charge in [-0.3, -0.25) is 0 Å². The fourth-order valence-electron chi connectivity index (χ4n) is 4.57. The molecular weight excluding hydrogens is 304 g/mol. The molecule has 1 aliphatic carbocycles. The van der Waals surface area contributed by atoms with Crippen molar-refractivity contribution in [2.45, 2.75) is 64.7 Å². The normalized spacial score (nSPS) is 19.2. The van der Waals surface area contributed by atoms with Crippen LogP contribution < -0.4 is 4.74 Å². The molecule has 1 nitrogen and oxygen atoms in total. The fraction of sp³-hybridized carbons (Fsp3) is 0.500. The van der Waals surface area contributed by atoms with Crippen LogP contribution in [0.15, 0.2) is 54.6 Å². The third-order valence-electron chi connectivity index (χ3n) is 6.65. The van der Waals surface area contributed by atoms with Crippen molar-refractivity contribution in [2.75, 3.05) is 6.61 Å². The summed E-state index contributed by atoms with van der Waals surface area (Å²) in [5, 5.41) is 0. The SMILES string of the molecule is Cc1ccccc1OCCC(C)(c1ccccc1)C1(C)CCCCC1. The zero-order valence-corrected chi connectivity index (χ0v) is 16.1. The van der Waals surface area contributed by atoms with Gasteiger partial charge in [-0.1, -0.05) is 81.6 Å². The average Bonchev–Trinajstić information content (AvgIpc) is 2.64. The van der Waals surface area contributed by atoms with Crippen LogP contribution in [0.5, 0.6) is 5.75 Å². The second-order valence-electron chi connectivity index (χ2n) is 8.18. The topological polar surface area (TPSA) is 9.23 Å². The van der Waals surface area contributed by atoms with Crippen molar-refractivity contribution in [3.05, 3.63) is 65.7 Å². The van der Waals surface area contributed by atoms with E-state index in [1.165, 1.54) is 43.2 Å². The summed E-state index contributed by atoms with van der Waals surface area (Å²) in [5.74, 6) is 1.02. The Morgan fingerprint density at radius 3 is 2.24 bits per heavy atom. The Morgan fingerprint density at radius 2 is 1.56 bits per heavy atom. The van der Waals surface area contributed by atoms with Crippen LogP contribution in [0.25, 0.3) is 0 Å². The van der Waals surface area contributed by atoms with Gasteiger partial charge in [-0.05, 0) is 48.8 Å². The van der Waals surface area contributed by atoms with Crippen LogP contribution in [-0.4, -0.2) is 6.61 Å². The molecule has 1 atom stereocenters. The Balaban J connectivity index is 1.81. The summed E-state index contributed by atoms with van der Waals surface area (Å²) >= 11 is 0. The van der Waals surface area contributed by atoms with E-state index < -0.39 is 0 Å². The Morgan fingerprint density at radius 1 is 0.920 bits per heavy atom. The van der Waals surface area contributed by atoms with E-state index in [1.54, 1.807) is 0 Å². The molecule has 1 fully saturated rings. The second-order valence-corrected chi connectivity index (χ2v) is 8.18. The number of ether oxygens (including phenoxy) is 1. The molecule has 1 heteroatoms. The molecule has 0 heterocycles. The molecule has 3 rings (SSSR count). The Labute approximate surface area is 153 Å². The quantitative estimate of drug-likeness (QED) is 0.571. The molecule has 0 saturated heterocycles. The molecule has 0 aliphatic heterocycles. The lowest BCUT2D eigenvalue weighted by molar-refractivity contribution is 0.0733. The van der Waals surface area contributed by atoms with Crippen molar-refractivity contribution < 1.29 is 4.74 Å². The summed E-state index contributed by atoms with van der Waals surface area (Å²) in [7, 11) is 0. The van der Waals surface area contributed by atoms with Gasteiger partial charge < -0.3 is 4.74 Å². The molecule has 0 aromatic heterocycles. The van der Waals surface area contributed by atoms with Crippen molar-refractivity contribution >= 4 is 0 Å². The molecule has 0 N–H and O–H groups in total. The number of rotatable bonds is 6. The first-order valence-corrected chi connectivity index (χ1v) is 9.79. The van der Waals surface area contributed by atoms with Crippen molar-refractivity contribution in [1.82, 2.24) is 0 Å². The van der Waals surface area contributed by atoms with Gasteiger partial charge in [0.05, 0.1) is 6.61 Å². The maximum absolute atomic E-state index is 6.19. The second kappa shape index (κ2) is 7.64. The fourth-order valence-corrected chi connectivity index (χ4v) is 4.57. The number of para-hydroxylation sites is 1. The highest BCUT2D eigenvalue weighted by Crippen LogP contribution is 2.52. The van der Waals surface area contributed by atoms with Crippen LogP contribution in [0.2, 0.25) is 0 Å². The van der Waals surface area contributed by atoms with Crippen molar-refractivity contribution in [2.24, 2.45) is 5.41 Å². The predicted molar refractivity (Wildman–Crippen MR) is 106 cm³/mol. The van der Waals surface area contributed by atoms with Gasteiger partial charge in [0.2, 0.25) is 0 Å². The molecule has 2 aromatic carbocycles. The average molecular weight is 337 g/mol. The molecule has 0 amide bonds.